The average Bonchev–Trinajstić information content (AvgIpc) is 2.21. The van der Waals surface area contributed by atoms with E-state index in [2.05, 4.69) is 12.2 Å². The first-order valence-corrected chi connectivity index (χ1v) is 5.92. The number of ether oxygens (including phenoxy) is 1. The molecule has 0 saturated heterocycles. The zero-order valence-electron chi connectivity index (χ0n) is 10.3. The van der Waals surface area contributed by atoms with Gasteiger partial charge in [0.15, 0.2) is 0 Å². The van der Waals surface area contributed by atoms with Crippen LogP contribution in [-0.2, 0) is 4.74 Å². The van der Waals surface area contributed by atoms with Crippen LogP contribution >= 0.6 is 0 Å². The zero-order valence-corrected chi connectivity index (χ0v) is 10.3. The number of halogens is 2. The van der Waals surface area contributed by atoms with E-state index in [1.165, 1.54) is 0 Å². The van der Waals surface area contributed by atoms with Crippen LogP contribution in [0.1, 0.15) is 19.8 Å². The Labute approximate surface area is 97.1 Å². The molecule has 0 unspecified atom stereocenters. The van der Waals surface area contributed by atoms with Crippen molar-refractivity contribution in [1.82, 2.24) is 10.2 Å². The number of nitrogens with zero attached hydrogens (tertiary/aromatic N) is 1. The number of likely N-dealkylation sites (N-methyl/N-ethyl adjacent to an activating group) is 1. The molecule has 3 nitrogen and oxygen atoms in total. The Morgan fingerprint density at radius 1 is 1.25 bits per heavy atom. The highest BCUT2D eigenvalue weighted by Crippen LogP contribution is 1.94. The van der Waals surface area contributed by atoms with Crippen molar-refractivity contribution < 1.29 is 13.5 Å². The Balaban J connectivity index is 3.08. The van der Waals surface area contributed by atoms with Crippen molar-refractivity contribution in [2.24, 2.45) is 0 Å². The quantitative estimate of drug-likeness (QED) is 0.553. The zero-order chi connectivity index (χ0) is 12.2. The summed E-state index contributed by atoms with van der Waals surface area (Å²) < 4.78 is 29.3. The van der Waals surface area contributed by atoms with Crippen molar-refractivity contribution in [2.45, 2.75) is 26.2 Å². The lowest BCUT2D eigenvalue weighted by atomic mass is 10.4. The Bertz CT molecular complexity index is 148. The van der Waals surface area contributed by atoms with Gasteiger partial charge in [-0.15, -0.1) is 0 Å². The SMILES string of the molecule is CCCCOCCNCCN(C)CC(F)F. The molecule has 98 valence electrons. The summed E-state index contributed by atoms with van der Waals surface area (Å²) in [6.07, 6.45) is -0.00873. The first-order valence-electron chi connectivity index (χ1n) is 5.92. The van der Waals surface area contributed by atoms with Crippen LogP contribution in [0.2, 0.25) is 0 Å². The summed E-state index contributed by atoms with van der Waals surface area (Å²) in [7, 11) is 1.70. The van der Waals surface area contributed by atoms with Crippen LogP contribution in [0.3, 0.4) is 0 Å². The fourth-order valence-corrected chi connectivity index (χ4v) is 1.21. The molecule has 0 aromatic carbocycles. The van der Waals surface area contributed by atoms with Gasteiger partial charge in [0.25, 0.3) is 6.43 Å². The molecule has 0 spiro atoms. The van der Waals surface area contributed by atoms with E-state index in [4.69, 9.17) is 4.74 Å². The topological polar surface area (TPSA) is 24.5 Å². The molecule has 0 rings (SSSR count). The van der Waals surface area contributed by atoms with E-state index in [0.29, 0.717) is 13.2 Å². The van der Waals surface area contributed by atoms with Crippen molar-refractivity contribution >= 4 is 0 Å². The summed E-state index contributed by atoms with van der Waals surface area (Å²) in [4.78, 5) is 1.62. The molecule has 0 radical (unpaired) electrons. The Morgan fingerprint density at radius 2 is 2.00 bits per heavy atom. The minimum atomic E-state index is -2.25. The summed E-state index contributed by atoms with van der Waals surface area (Å²) in [5.74, 6) is 0. The van der Waals surface area contributed by atoms with Gasteiger partial charge in [-0.1, -0.05) is 13.3 Å². The lowest BCUT2D eigenvalue weighted by molar-refractivity contribution is 0.0995. The van der Waals surface area contributed by atoms with Crippen LogP contribution in [0.25, 0.3) is 0 Å². The monoisotopic (exact) mass is 238 g/mol. The van der Waals surface area contributed by atoms with Gasteiger partial charge in [-0.05, 0) is 13.5 Å². The van der Waals surface area contributed by atoms with E-state index in [1.54, 1.807) is 11.9 Å². The predicted molar refractivity (Wildman–Crippen MR) is 62.1 cm³/mol. The van der Waals surface area contributed by atoms with Gasteiger partial charge in [0.2, 0.25) is 0 Å². The number of hydrogen-bond donors (Lipinski definition) is 1. The van der Waals surface area contributed by atoms with Crippen LogP contribution in [0.4, 0.5) is 8.78 Å². The standard InChI is InChI=1S/C11H24F2N2O/c1-3-4-8-16-9-6-14-5-7-15(2)10-11(12)13/h11,14H,3-10H2,1-2H3. The molecule has 5 heteroatoms. The number of alkyl halides is 2. The van der Waals surface area contributed by atoms with Gasteiger partial charge in [0.1, 0.15) is 0 Å². The van der Waals surface area contributed by atoms with Crippen LogP contribution in [0, 0.1) is 0 Å². The average molecular weight is 238 g/mol. The van der Waals surface area contributed by atoms with Gasteiger partial charge in [-0.25, -0.2) is 8.78 Å². The van der Waals surface area contributed by atoms with E-state index in [1.807, 2.05) is 0 Å². The third kappa shape index (κ3) is 11.8. The molecule has 0 aromatic heterocycles. The van der Waals surface area contributed by atoms with Gasteiger partial charge < -0.3 is 10.1 Å². The highest BCUT2D eigenvalue weighted by Gasteiger charge is 2.06. The van der Waals surface area contributed by atoms with E-state index >= 15 is 0 Å². The highest BCUT2D eigenvalue weighted by atomic mass is 19.3. The fraction of sp³-hybridized carbons (Fsp3) is 1.00. The summed E-state index contributed by atoms with van der Waals surface area (Å²) in [5.41, 5.74) is 0. The molecule has 0 bridgehead atoms. The molecule has 0 aromatic rings. The first kappa shape index (κ1) is 15.7. The van der Waals surface area contributed by atoms with E-state index in [-0.39, 0.29) is 6.54 Å². The van der Waals surface area contributed by atoms with Crippen molar-refractivity contribution in [1.29, 1.82) is 0 Å². The van der Waals surface area contributed by atoms with Crippen LogP contribution < -0.4 is 5.32 Å². The molecule has 0 aliphatic rings. The van der Waals surface area contributed by atoms with Crippen molar-refractivity contribution in [3.63, 3.8) is 0 Å². The normalized spacial score (nSPS) is 11.6. The molecule has 0 aliphatic heterocycles. The van der Waals surface area contributed by atoms with Gasteiger partial charge in [-0.2, -0.15) is 0 Å². The molecule has 0 fully saturated rings. The number of nitrogens with one attached hydrogen (secondary N) is 1. The second-order valence-corrected chi connectivity index (χ2v) is 3.87. The van der Waals surface area contributed by atoms with Crippen molar-refractivity contribution in [2.75, 3.05) is 46.4 Å². The highest BCUT2D eigenvalue weighted by molar-refractivity contribution is 4.55. The third-order valence-electron chi connectivity index (χ3n) is 2.19. The van der Waals surface area contributed by atoms with E-state index in [9.17, 15) is 8.78 Å². The molecule has 1 N–H and O–H groups in total. The maximum Gasteiger partial charge on any atom is 0.251 e. The van der Waals surface area contributed by atoms with Gasteiger partial charge in [0.05, 0.1) is 13.2 Å². The maximum atomic E-state index is 12.0. The molecule has 16 heavy (non-hydrogen) atoms. The van der Waals surface area contributed by atoms with Crippen LogP contribution in [0.5, 0.6) is 0 Å². The molecule has 0 saturated carbocycles. The molecule has 0 heterocycles. The van der Waals surface area contributed by atoms with Crippen molar-refractivity contribution in [3.05, 3.63) is 0 Å². The second-order valence-electron chi connectivity index (χ2n) is 3.87. The maximum absolute atomic E-state index is 12.0. The first-order chi connectivity index (χ1) is 7.66. The molecule has 0 aliphatic carbocycles. The third-order valence-corrected chi connectivity index (χ3v) is 2.19. The minimum Gasteiger partial charge on any atom is -0.380 e. The Morgan fingerprint density at radius 3 is 2.62 bits per heavy atom. The summed E-state index contributed by atoms with van der Waals surface area (Å²) in [6.45, 7) is 5.61. The van der Waals surface area contributed by atoms with Crippen LogP contribution in [0.15, 0.2) is 0 Å². The number of unbranched alkanes of at least 4 members (excludes halogenated alkanes) is 1. The number of hydrogen-bond acceptors (Lipinski definition) is 3. The second kappa shape index (κ2) is 11.2. The van der Waals surface area contributed by atoms with E-state index in [0.717, 1.165) is 32.5 Å². The number of rotatable bonds is 11. The Kier molecular flexibility index (Phi) is 11.0. The fourth-order valence-electron chi connectivity index (χ4n) is 1.21. The van der Waals surface area contributed by atoms with E-state index < -0.39 is 6.43 Å². The molecule has 0 amide bonds. The summed E-state index contributed by atoms with van der Waals surface area (Å²) >= 11 is 0. The predicted octanol–water partition coefficient (Wildman–Crippen LogP) is 1.59. The van der Waals surface area contributed by atoms with Gasteiger partial charge in [-0.3, -0.25) is 4.90 Å². The van der Waals surface area contributed by atoms with Crippen molar-refractivity contribution in [3.8, 4) is 0 Å². The summed E-state index contributed by atoms with van der Waals surface area (Å²) in [5, 5.41) is 3.15. The summed E-state index contributed by atoms with van der Waals surface area (Å²) in [6, 6.07) is 0. The van der Waals surface area contributed by atoms with Gasteiger partial charge >= 0.3 is 0 Å². The Hall–Kier alpha value is -0.260. The molecule has 0 atom stereocenters. The largest absolute Gasteiger partial charge is 0.380 e. The smallest absolute Gasteiger partial charge is 0.251 e. The molecular formula is C11H24F2N2O. The van der Waals surface area contributed by atoms with Crippen LogP contribution in [-0.4, -0.2) is 57.8 Å². The minimum absolute atomic E-state index is 0.158. The lowest BCUT2D eigenvalue weighted by Gasteiger charge is -2.16. The molecular weight excluding hydrogens is 214 g/mol. The lowest BCUT2D eigenvalue weighted by Crippen LogP contribution is -2.33. The van der Waals surface area contributed by atoms with Gasteiger partial charge in [0, 0.05) is 26.2 Å².